The zero-order valence-electron chi connectivity index (χ0n) is 12.2. The van der Waals surface area contributed by atoms with Gasteiger partial charge in [0.25, 0.3) is 0 Å². The van der Waals surface area contributed by atoms with Crippen LogP contribution in [0.5, 0.6) is 0 Å². The smallest absolute Gasteiger partial charge is 0.144 e. The lowest BCUT2D eigenvalue weighted by Crippen LogP contribution is -1.96. The second-order valence-electron chi connectivity index (χ2n) is 5.21. The monoisotopic (exact) mass is 305 g/mol. The van der Waals surface area contributed by atoms with Crippen LogP contribution in [0, 0.1) is 6.92 Å². The number of benzene rings is 1. The number of anilines is 2. The quantitative estimate of drug-likeness (QED) is 0.569. The van der Waals surface area contributed by atoms with Crippen LogP contribution in [0.15, 0.2) is 66.2 Å². The van der Waals surface area contributed by atoms with Crippen LogP contribution in [-0.2, 0) is 0 Å². The maximum absolute atomic E-state index is 4.78. The lowest BCUT2D eigenvalue weighted by atomic mass is 10.2. The number of thiophene rings is 1. The molecule has 0 amide bonds. The molecule has 3 heterocycles. The Hall–Kier alpha value is -2.59. The van der Waals surface area contributed by atoms with Crippen molar-refractivity contribution < 1.29 is 0 Å². The molecule has 1 N–H and O–H groups in total. The Bertz CT molecular complexity index is 905. The summed E-state index contributed by atoms with van der Waals surface area (Å²) in [6, 6.07) is 18.6. The number of nitrogens with one attached hydrogen (secondary N) is 1. The van der Waals surface area contributed by atoms with Crippen LogP contribution in [0.4, 0.5) is 11.5 Å². The SMILES string of the molecule is Cc1ccc(Nc2c(-c3cccs3)nc3ccccn23)cc1. The van der Waals surface area contributed by atoms with E-state index < -0.39 is 0 Å². The first-order chi connectivity index (χ1) is 10.8. The Labute approximate surface area is 132 Å². The minimum atomic E-state index is 0.945. The highest BCUT2D eigenvalue weighted by atomic mass is 32.1. The van der Waals surface area contributed by atoms with Gasteiger partial charge < -0.3 is 5.32 Å². The highest BCUT2D eigenvalue weighted by molar-refractivity contribution is 7.13. The molecule has 4 aromatic rings. The average Bonchev–Trinajstić information content (AvgIpc) is 3.18. The van der Waals surface area contributed by atoms with E-state index in [1.54, 1.807) is 11.3 Å². The predicted octanol–water partition coefficient (Wildman–Crippen LogP) is 5.11. The normalized spacial score (nSPS) is 11.0. The van der Waals surface area contributed by atoms with Crippen molar-refractivity contribution in [1.82, 2.24) is 9.38 Å². The molecule has 1 aromatic carbocycles. The third-order valence-corrected chi connectivity index (χ3v) is 4.48. The molecule has 0 bridgehead atoms. The van der Waals surface area contributed by atoms with E-state index in [1.165, 1.54) is 10.4 Å². The zero-order valence-corrected chi connectivity index (χ0v) is 13.0. The number of aromatic nitrogens is 2. The van der Waals surface area contributed by atoms with Crippen molar-refractivity contribution in [1.29, 1.82) is 0 Å². The van der Waals surface area contributed by atoms with Gasteiger partial charge >= 0.3 is 0 Å². The maximum atomic E-state index is 4.78. The lowest BCUT2D eigenvalue weighted by molar-refractivity contribution is 1.18. The molecular formula is C18H15N3S. The zero-order chi connectivity index (χ0) is 14.9. The molecule has 0 saturated heterocycles. The van der Waals surface area contributed by atoms with E-state index in [9.17, 15) is 0 Å². The molecule has 4 heteroatoms. The molecule has 0 atom stereocenters. The van der Waals surface area contributed by atoms with Crippen molar-refractivity contribution in [3.8, 4) is 10.6 Å². The lowest BCUT2D eigenvalue weighted by Gasteiger charge is -2.08. The minimum Gasteiger partial charge on any atom is -0.339 e. The van der Waals surface area contributed by atoms with Crippen LogP contribution >= 0.6 is 11.3 Å². The standard InChI is InChI=1S/C18H15N3S/c1-13-7-9-14(10-8-13)19-18-17(15-5-4-12-22-15)20-16-6-2-3-11-21(16)18/h2-12,19H,1H3. The summed E-state index contributed by atoms with van der Waals surface area (Å²) >= 11 is 1.70. The van der Waals surface area contributed by atoms with E-state index in [0.29, 0.717) is 0 Å². The molecule has 0 aliphatic carbocycles. The maximum Gasteiger partial charge on any atom is 0.144 e. The first-order valence-corrected chi connectivity index (χ1v) is 8.04. The van der Waals surface area contributed by atoms with Gasteiger partial charge in [0.15, 0.2) is 0 Å². The van der Waals surface area contributed by atoms with Crippen molar-refractivity contribution >= 4 is 28.5 Å². The summed E-state index contributed by atoms with van der Waals surface area (Å²) in [5.41, 5.74) is 4.25. The van der Waals surface area contributed by atoms with Crippen molar-refractivity contribution in [2.75, 3.05) is 5.32 Å². The summed E-state index contributed by atoms with van der Waals surface area (Å²) < 4.78 is 2.09. The van der Waals surface area contributed by atoms with Gasteiger partial charge in [-0.25, -0.2) is 4.98 Å². The highest BCUT2D eigenvalue weighted by Crippen LogP contribution is 2.33. The Morgan fingerprint density at radius 1 is 1.00 bits per heavy atom. The number of nitrogens with zero attached hydrogens (tertiary/aromatic N) is 2. The van der Waals surface area contributed by atoms with Gasteiger partial charge in [0.1, 0.15) is 17.2 Å². The van der Waals surface area contributed by atoms with Gasteiger partial charge in [-0.2, -0.15) is 0 Å². The summed E-state index contributed by atoms with van der Waals surface area (Å²) in [6.07, 6.45) is 2.04. The van der Waals surface area contributed by atoms with Gasteiger partial charge in [0, 0.05) is 11.9 Å². The van der Waals surface area contributed by atoms with Gasteiger partial charge in [0.2, 0.25) is 0 Å². The second-order valence-corrected chi connectivity index (χ2v) is 6.15. The largest absolute Gasteiger partial charge is 0.339 e. The molecule has 0 unspecified atom stereocenters. The molecular weight excluding hydrogens is 290 g/mol. The van der Waals surface area contributed by atoms with Crippen LogP contribution < -0.4 is 5.32 Å². The van der Waals surface area contributed by atoms with Crippen LogP contribution in [0.3, 0.4) is 0 Å². The fraction of sp³-hybridized carbons (Fsp3) is 0.0556. The topological polar surface area (TPSA) is 29.3 Å². The van der Waals surface area contributed by atoms with Crippen LogP contribution in [0.2, 0.25) is 0 Å². The van der Waals surface area contributed by atoms with Gasteiger partial charge in [-0.1, -0.05) is 29.8 Å². The highest BCUT2D eigenvalue weighted by Gasteiger charge is 2.14. The molecule has 0 aliphatic rings. The molecule has 3 nitrogen and oxygen atoms in total. The molecule has 0 aliphatic heterocycles. The first kappa shape index (κ1) is 13.1. The van der Waals surface area contributed by atoms with Crippen molar-refractivity contribution in [3.05, 3.63) is 71.7 Å². The molecule has 108 valence electrons. The number of fused-ring (bicyclic) bond motifs is 1. The molecule has 22 heavy (non-hydrogen) atoms. The molecule has 0 spiro atoms. The Kier molecular flexibility index (Phi) is 3.16. The fourth-order valence-corrected chi connectivity index (χ4v) is 3.19. The van der Waals surface area contributed by atoms with Crippen molar-refractivity contribution in [3.63, 3.8) is 0 Å². The summed E-state index contributed by atoms with van der Waals surface area (Å²) in [7, 11) is 0. The third-order valence-electron chi connectivity index (χ3n) is 3.60. The molecule has 0 radical (unpaired) electrons. The number of imidazole rings is 1. The van der Waals surface area contributed by atoms with E-state index in [0.717, 1.165) is 22.8 Å². The van der Waals surface area contributed by atoms with Gasteiger partial charge in [-0.15, -0.1) is 11.3 Å². The van der Waals surface area contributed by atoms with E-state index in [2.05, 4.69) is 58.4 Å². The fourth-order valence-electron chi connectivity index (χ4n) is 2.47. The second kappa shape index (κ2) is 5.31. The summed E-state index contributed by atoms with van der Waals surface area (Å²) in [6.45, 7) is 2.09. The number of pyridine rings is 1. The van der Waals surface area contributed by atoms with E-state index in [-0.39, 0.29) is 0 Å². The third kappa shape index (κ3) is 2.27. The average molecular weight is 305 g/mol. The molecule has 4 rings (SSSR count). The number of hydrogen-bond acceptors (Lipinski definition) is 3. The van der Waals surface area contributed by atoms with E-state index >= 15 is 0 Å². The molecule has 0 fully saturated rings. The Morgan fingerprint density at radius 2 is 1.86 bits per heavy atom. The van der Waals surface area contributed by atoms with Gasteiger partial charge in [-0.3, -0.25) is 4.40 Å². The number of rotatable bonds is 3. The Balaban J connectivity index is 1.87. The van der Waals surface area contributed by atoms with Crippen molar-refractivity contribution in [2.24, 2.45) is 0 Å². The van der Waals surface area contributed by atoms with E-state index in [4.69, 9.17) is 4.98 Å². The number of hydrogen-bond donors (Lipinski definition) is 1. The van der Waals surface area contributed by atoms with Crippen LogP contribution in [-0.4, -0.2) is 9.38 Å². The van der Waals surface area contributed by atoms with Gasteiger partial charge in [-0.05, 0) is 42.6 Å². The first-order valence-electron chi connectivity index (χ1n) is 7.16. The molecule has 3 aromatic heterocycles. The van der Waals surface area contributed by atoms with Crippen molar-refractivity contribution in [2.45, 2.75) is 6.92 Å². The summed E-state index contributed by atoms with van der Waals surface area (Å²) in [5.74, 6) is 1.00. The number of aryl methyl sites for hydroxylation is 1. The van der Waals surface area contributed by atoms with Crippen LogP contribution in [0.25, 0.3) is 16.2 Å². The Morgan fingerprint density at radius 3 is 2.64 bits per heavy atom. The minimum absolute atomic E-state index is 0.945. The molecule has 0 saturated carbocycles. The van der Waals surface area contributed by atoms with E-state index in [1.807, 2.05) is 24.4 Å². The predicted molar refractivity (Wildman–Crippen MR) is 93.0 cm³/mol. The van der Waals surface area contributed by atoms with Gasteiger partial charge in [0.05, 0.1) is 4.88 Å². The summed E-state index contributed by atoms with van der Waals surface area (Å²) in [5, 5.41) is 5.60. The summed E-state index contributed by atoms with van der Waals surface area (Å²) in [4.78, 5) is 5.94. The van der Waals surface area contributed by atoms with Crippen LogP contribution in [0.1, 0.15) is 5.56 Å².